The second-order valence-corrected chi connectivity index (χ2v) is 6.89. The van der Waals surface area contributed by atoms with Crippen molar-refractivity contribution in [3.63, 3.8) is 0 Å². The Balaban J connectivity index is 1.75. The Morgan fingerprint density at radius 1 is 1.40 bits per heavy atom. The zero-order chi connectivity index (χ0) is 14.1. The van der Waals surface area contributed by atoms with E-state index in [0.29, 0.717) is 18.0 Å². The molecule has 0 bridgehead atoms. The molecule has 5 nitrogen and oxygen atoms in total. The van der Waals surface area contributed by atoms with E-state index in [4.69, 9.17) is 0 Å². The molecule has 0 amide bonds. The summed E-state index contributed by atoms with van der Waals surface area (Å²) in [5.74, 6) is 0.684. The molecule has 2 aromatic heterocycles. The van der Waals surface area contributed by atoms with E-state index in [1.54, 1.807) is 11.3 Å². The first kappa shape index (κ1) is 13.7. The molecule has 1 saturated heterocycles. The first-order chi connectivity index (χ1) is 9.65. The van der Waals surface area contributed by atoms with Crippen LogP contribution in [0, 0.1) is 12.8 Å². The minimum absolute atomic E-state index is 0.347. The van der Waals surface area contributed by atoms with Gasteiger partial charge in [0.1, 0.15) is 10.0 Å². The van der Waals surface area contributed by atoms with E-state index in [-0.39, 0.29) is 0 Å². The van der Waals surface area contributed by atoms with E-state index in [0.717, 1.165) is 23.1 Å². The minimum Gasteiger partial charge on any atom is -0.333 e. The van der Waals surface area contributed by atoms with Crippen LogP contribution in [0.1, 0.15) is 42.4 Å². The third-order valence-electron chi connectivity index (χ3n) is 4.30. The lowest BCUT2D eigenvalue weighted by Crippen LogP contribution is -2.41. The topological polar surface area (TPSA) is 46.8 Å². The van der Waals surface area contributed by atoms with Crippen molar-refractivity contribution in [2.45, 2.75) is 39.3 Å². The smallest absolute Gasteiger partial charge is 0.134 e. The van der Waals surface area contributed by atoms with Crippen molar-refractivity contribution in [3.8, 4) is 0 Å². The van der Waals surface area contributed by atoms with Gasteiger partial charge in [-0.25, -0.2) is 4.98 Å². The van der Waals surface area contributed by atoms with Crippen molar-refractivity contribution in [1.29, 1.82) is 0 Å². The summed E-state index contributed by atoms with van der Waals surface area (Å²) in [5.41, 5.74) is 0. The highest BCUT2D eigenvalue weighted by atomic mass is 32.1. The summed E-state index contributed by atoms with van der Waals surface area (Å²) >= 11 is 1.71. The van der Waals surface area contributed by atoms with Crippen LogP contribution in [0.25, 0.3) is 0 Å². The number of likely N-dealkylation sites (tertiary alicyclic amines) is 1. The summed E-state index contributed by atoms with van der Waals surface area (Å²) in [4.78, 5) is 6.71. The average Bonchev–Trinajstić information content (AvgIpc) is 3.09. The van der Waals surface area contributed by atoms with Crippen LogP contribution in [0.3, 0.4) is 0 Å². The van der Waals surface area contributed by atoms with E-state index in [1.807, 2.05) is 19.4 Å². The van der Waals surface area contributed by atoms with Gasteiger partial charge in [0.25, 0.3) is 0 Å². The Morgan fingerprint density at radius 2 is 2.25 bits per heavy atom. The van der Waals surface area contributed by atoms with E-state index in [1.165, 1.54) is 6.42 Å². The maximum atomic E-state index is 4.31. The zero-order valence-electron chi connectivity index (χ0n) is 12.2. The fourth-order valence-electron chi connectivity index (χ4n) is 2.92. The van der Waals surface area contributed by atoms with Gasteiger partial charge in [0.05, 0.1) is 12.4 Å². The van der Waals surface area contributed by atoms with Gasteiger partial charge in [-0.1, -0.05) is 6.92 Å². The molecule has 1 aliphatic rings. The number of hydrogen-bond donors (Lipinski definition) is 0. The summed E-state index contributed by atoms with van der Waals surface area (Å²) in [7, 11) is 0. The third kappa shape index (κ3) is 2.62. The standard InChI is InChI=1S/C14H21N5S/c1-10-4-6-18(8-13(10)19-7-5-15-9-19)11(2)14-17-16-12(3)20-14/h5,7,9-11,13H,4,6,8H2,1-3H3. The fourth-order valence-corrected chi connectivity index (χ4v) is 3.70. The van der Waals surface area contributed by atoms with E-state index in [2.05, 4.69) is 44.7 Å². The molecule has 20 heavy (non-hydrogen) atoms. The molecular formula is C14H21N5S. The predicted molar refractivity (Wildman–Crippen MR) is 79.7 cm³/mol. The summed E-state index contributed by atoms with van der Waals surface area (Å²) in [6.45, 7) is 8.77. The van der Waals surface area contributed by atoms with Crippen LogP contribution in [0.2, 0.25) is 0 Å². The van der Waals surface area contributed by atoms with Crippen LogP contribution in [0.5, 0.6) is 0 Å². The van der Waals surface area contributed by atoms with Gasteiger partial charge in [-0.3, -0.25) is 4.90 Å². The van der Waals surface area contributed by atoms with Crippen molar-refractivity contribution in [2.24, 2.45) is 5.92 Å². The molecule has 3 atom stereocenters. The minimum atomic E-state index is 0.347. The molecule has 1 fully saturated rings. The van der Waals surface area contributed by atoms with Gasteiger partial charge in [0.2, 0.25) is 0 Å². The molecule has 3 heterocycles. The molecule has 0 aromatic carbocycles. The molecule has 3 rings (SSSR count). The largest absolute Gasteiger partial charge is 0.333 e. The van der Waals surface area contributed by atoms with Crippen molar-refractivity contribution in [3.05, 3.63) is 28.7 Å². The number of piperidine rings is 1. The Labute approximate surface area is 123 Å². The number of imidazole rings is 1. The van der Waals surface area contributed by atoms with Gasteiger partial charge < -0.3 is 4.57 Å². The molecule has 0 N–H and O–H groups in total. The Bertz CT molecular complexity index is 550. The first-order valence-corrected chi connectivity index (χ1v) is 7.98. The number of aromatic nitrogens is 4. The van der Waals surface area contributed by atoms with E-state index in [9.17, 15) is 0 Å². The Hall–Kier alpha value is -1.27. The highest BCUT2D eigenvalue weighted by Gasteiger charge is 2.31. The number of aryl methyl sites for hydroxylation is 1. The molecule has 0 spiro atoms. The van der Waals surface area contributed by atoms with Crippen molar-refractivity contribution >= 4 is 11.3 Å². The quantitative estimate of drug-likeness (QED) is 0.872. The second-order valence-electron chi connectivity index (χ2n) is 5.67. The van der Waals surface area contributed by atoms with Gasteiger partial charge in [-0.15, -0.1) is 21.5 Å². The van der Waals surface area contributed by atoms with Gasteiger partial charge >= 0.3 is 0 Å². The number of rotatable bonds is 3. The van der Waals surface area contributed by atoms with Crippen LogP contribution in [0.15, 0.2) is 18.7 Å². The summed E-state index contributed by atoms with van der Waals surface area (Å²) in [6, 6.07) is 0.849. The van der Waals surface area contributed by atoms with Crippen molar-refractivity contribution in [1.82, 2.24) is 24.6 Å². The van der Waals surface area contributed by atoms with Gasteiger partial charge in [-0.2, -0.15) is 0 Å². The zero-order valence-corrected chi connectivity index (χ0v) is 13.0. The van der Waals surface area contributed by atoms with Crippen molar-refractivity contribution < 1.29 is 0 Å². The molecule has 108 valence electrons. The maximum Gasteiger partial charge on any atom is 0.134 e. The molecule has 6 heteroatoms. The third-order valence-corrected chi connectivity index (χ3v) is 5.31. The summed E-state index contributed by atoms with van der Waals surface area (Å²) < 4.78 is 2.24. The van der Waals surface area contributed by atoms with E-state index >= 15 is 0 Å². The second kappa shape index (κ2) is 5.61. The normalized spacial score (nSPS) is 25.8. The summed E-state index contributed by atoms with van der Waals surface area (Å²) in [6.07, 6.45) is 7.09. The van der Waals surface area contributed by atoms with Crippen LogP contribution in [0.4, 0.5) is 0 Å². The average molecular weight is 291 g/mol. The lowest BCUT2D eigenvalue weighted by Gasteiger charge is -2.40. The van der Waals surface area contributed by atoms with Crippen LogP contribution >= 0.6 is 11.3 Å². The van der Waals surface area contributed by atoms with Gasteiger partial charge in [0.15, 0.2) is 0 Å². The van der Waals surface area contributed by atoms with Crippen LogP contribution in [-0.4, -0.2) is 37.7 Å². The molecule has 0 aliphatic carbocycles. The molecule has 0 saturated carbocycles. The van der Waals surface area contributed by atoms with Crippen LogP contribution in [-0.2, 0) is 0 Å². The lowest BCUT2D eigenvalue weighted by molar-refractivity contribution is 0.0981. The van der Waals surface area contributed by atoms with Crippen molar-refractivity contribution in [2.75, 3.05) is 13.1 Å². The molecule has 2 aromatic rings. The SMILES string of the molecule is Cc1nnc(C(C)N2CCC(C)C(n3ccnc3)C2)s1. The molecule has 3 unspecified atom stereocenters. The Morgan fingerprint density at radius 3 is 2.90 bits per heavy atom. The fraction of sp³-hybridized carbons (Fsp3) is 0.643. The van der Waals surface area contributed by atoms with Crippen LogP contribution < -0.4 is 0 Å². The van der Waals surface area contributed by atoms with Gasteiger partial charge in [-0.05, 0) is 32.7 Å². The monoisotopic (exact) mass is 291 g/mol. The highest BCUT2D eigenvalue weighted by Crippen LogP contribution is 2.33. The maximum absolute atomic E-state index is 4.31. The predicted octanol–water partition coefficient (Wildman–Crippen LogP) is 2.69. The van der Waals surface area contributed by atoms with E-state index < -0.39 is 0 Å². The lowest BCUT2D eigenvalue weighted by atomic mass is 9.92. The molecule has 0 radical (unpaired) electrons. The number of hydrogen-bond acceptors (Lipinski definition) is 5. The highest BCUT2D eigenvalue weighted by molar-refractivity contribution is 7.11. The molecule has 1 aliphatic heterocycles. The number of nitrogens with zero attached hydrogens (tertiary/aromatic N) is 5. The molecular weight excluding hydrogens is 270 g/mol. The Kier molecular flexibility index (Phi) is 3.85. The van der Waals surface area contributed by atoms with Gasteiger partial charge in [0, 0.05) is 25.0 Å². The first-order valence-electron chi connectivity index (χ1n) is 7.16. The summed E-state index contributed by atoms with van der Waals surface area (Å²) in [5, 5.41) is 10.6.